The largest absolute Gasteiger partial charge is 0.333 e. The molecular weight excluding hydrogens is 364 g/mol. The lowest BCUT2D eigenvalue weighted by molar-refractivity contribution is 0.670. The molecule has 5 nitrogen and oxygen atoms in total. The number of nitrogens with zero attached hydrogens (tertiary/aromatic N) is 3. The second-order valence-corrected chi connectivity index (χ2v) is 8.76. The lowest BCUT2D eigenvalue weighted by Crippen LogP contribution is -2.17. The number of imidazole rings is 1. The molecule has 3 aromatic heterocycles. The highest BCUT2D eigenvalue weighted by Gasteiger charge is 2.18. The van der Waals surface area contributed by atoms with Gasteiger partial charge in [0.1, 0.15) is 0 Å². The summed E-state index contributed by atoms with van der Waals surface area (Å²) >= 11 is 3.26. The second-order valence-electron chi connectivity index (χ2n) is 6.73. The van der Waals surface area contributed by atoms with Gasteiger partial charge in [-0.1, -0.05) is 17.8 Å². The van der Waals surface area contributed by atoms with Gasteiger partial charge in [-0.25, -0.2) is 9.97 Å². The van der Waals surface area contributed by atoms with E-state index in [9.17, 15) is 4.79 Å². The number of H-pyrrole nitrogens is 1. The van der Waals surface area contributed by atoms with E-state index in [1.807, 2.05) is 10.5 Å². The molecule has 0 amide bonds. The molecule has 4 aromatic rings. The molecule has 1 aliphatic carbocycles. The molecule has 0 saturated carbocycles. The first kappa shape index (κ1) is 16.1. The van der Waals surface area contributed by atoms with Crippen LogP contribution >= 0.6 is 23.1 Å². The van der Waals surface area contributed by atoms with Crippen LogP contribution in [-0.2, 0) is 18.6 Å². The minimum atomic E-state index is 0.0465. The lowest BCUT2D eigenvalue weighted by Gasteiger charge is -2.10. The van der Waals surface area contributed by atoms with Gasteiger partial charge in [0.15, 0.2) is 10.1 Å². The summed E-state index contributed by atoms with van der Waals surface area (Å²) in [6.07, 6.45) is 4.44. The van der Waals surface area contributed by atoms with Crippen LogP contribution < -0.4 is 5.56 Å². The maximum absolute atomic E-state index is 12.6. The second kappa shape index (κ2) is 6.25. The van der Waals surface area contributed by atoms with E-state index < -0.39 is 0 Å². The Morgan fingerprint density at radius 3 is 3.04 bits per heavy atom. The van der Waals surface area contributed by atoms with Crippen LogP contribution in [0.1, 0.15) is 34.7 Å². The van der Waals surface area contributed by atoms with Gasteiger partial charge in [0.2, 0.25) is 0 Å². The highest BCUT2D eigenvalue weighted by atomic mass is 32.2. The monoisotopic (exact) mass is 382 g/mol. The fourth-order valence-electron chi connectivity index (χ4n) is 3.53. The summed E-state index contributed by atoms with van der Waals surface area (Å²) in [6, 6.07) is 7.86. The maximum atomic E-state index is 12.6. The predicted molar refractivity (Wildman–Crippen MR) is 106 cm³/mol. The maximum Gasteiger partial charge on any atom is 0.259 e. The summed E-state index contributed by atoms with van der Waals surface area (Å²) in [5.74, 6) is 0.632. The van der Waals surface area contributed by atoms with Crippen molar-refractivity contribution in [3.05, 3.63) is 56.4 Å². The normalized spacial score (nSPS) is 14.2. The van der Waals surface area contributed by atoms with Crippen LogP contribution in [-0.4, -0.2) is 19.4 Å². The lowest BCUT2D eigenvalue weighted by atomic mass is 10.0. The molecule has 0 saturated heterocycles. The Morgan fingerprint density at radius 2 is 2.12 bits per heavy atom. The summed E-state index contributed by atoms with van der Waals surface area (Å²) in [5, 5.41) is 0.859. The van der Waals surface area contributed by atoms with Crippen LogP contribution in [0.3, 0.4) is 0 Å². The fraction of sp³-hybridized carbons (Fsp3) is 0.316. The van der Waals surface area contributed by atoms with Crippen LogP contribution in [0.15, 0.2) is 34.2 Å². The third-order valence-corrected chi connectivity index (χ3v) is 6.84. The number of hydrogen-bond acceptors (Lipinski definition) is 5. The Kier molecular flexibility index (Phi) is 3.86. The number of aromatic amines is 1. The molecule has 26 heavy (non-hydrogen) atoms. The van der Waals surface area contributed by atoms with Crippen molar-refractivity contribution in [2.24, 2.45) is 0 Å². The summed E-state index contributed by atoms with van der Waals surface area (Å²) in [4.78, 5) is 27.5. The van der Waals surface area contributed by atoms with Gasteiger partial charge in [-0.3, -0.25) is 9.20 Å². The number of fused-ring (bicyclic) bond motifs is 4. The zero-order valence-electron chi connectivity index (χ0n) is 14.4. The summed E-state index contributed by atoms with van der Waals surface area (Å²) in [7, 11) is 0. The van der Waals surface area contributed by atoms with E-state index in [2.05, 4.69) is 29.0 Å². The minimum Gasteiger partial charge on any atom is -0.333 e. The average Bonchev–Trinajstić information content (AvgIpc) is 3.20. The molecule has 0 spiro atoms. The third-order valence-electron chi connectivity index (χ3n) is 4.79. The number of hydrogen-bond donors (Lipinski definition) is 1. The molecule has 0 bridgehead atoms. The van der Waals surface area contributed by atoms with E-state index in [4.69, 9.17) is 4.98 Å². The molecule has 1 aliphatic rings. The van der Waals surface area contributed by atoms with Crippen LogP contribution in [0.2, 0.25) is 0 Å². The molecule has 0 aliphatic heterocycles. The number of benzene rings is 1. The van der Waals surface area contributed by atoms with Crippen molar-refractivity contribution < 1.29 is 0 Å². The fourth-order valence-corrected chi connectivity index (χ4v) is 5.54. The summed E-state index contributed by atoms with van der Waals surface area (Å²) < 4.78 is 1.82. The van der Waals surface area contributed by atoms with E-state index >= 15 is 0 Å². The average molecular weight is 383 g/mol. The van der Waals surface area contributed by atoms with Crippen molar-refractivity contribution in [1.82, 2.24) is 19.4 Å². The van der Waals surface area contributed by atoms with Gasteiger partial charge in [-0.15, -0.1) is 11.3 Å². The van der Waals surface area contributed by atoms with Gasteiger partial charge in [0.05, 0.1) is 16.7 Å². The van der Waals surface area contributed by atoms with Gasteiger partial charge in [-0.2, -0.15) is 0 Å². The van der Waals surface area contributed by atoms with Crippen molar-refractivity contribution in [2.45, 2.75) is 43.5 Å². The molecule has 132 valence electrons. The van der Waals surface area contributed by atoms with Crippen molar-refractivity contribution in [2.75, 3.05) is 0 Å². The van der Waals surface area contributed by atoms with E-state index in [1.54, 1.807) is 29.2 Å². The van der Waals surface area contributed by atoms with Crippen LogP contribution in [0.5, 0.6) is 0 Å². The SMILES string of the molecule is Cc1ccc2nc(SCc3cc(=O)n4c5c(sc4n3)CCCC5)[nH]c2c1. The van der Waals surface area contributed by atoms with Gasteiger partial charge in [-0.05, 0) is 50.3 Å². The number of aryl methyl sites for hydroxylation is 3. The molecular formula is C19H18N4OS2. The first-order valence-corrected chi connectivity index (χ1v) is 10.6. The number of thioether (sulfide) groups is 1. The highest BCUT2D eigenvalue weighted by molar-refractivity contribution is 7.98. The van der Waals surface area contributed by atoms with E-state index in [1.165, 1.54) is 22.6 Å². The molecule has 5 rings (SSSR count). The number of rotatable bonds is 3. The van der Waals surface area contributed by atoms with E-state index in [0.29, 0.717) is 5.75 Å². The van der Waals surface area contributed by atoms with Gasteiger partial charge < -0.3 is 4.98 Å². The Labute approximate surface area is 158 Å². The van der Waals surface area contributed by atoms with E-state index in [-0.39, 0.29) is 5.56 Å². The minimum absolute atomic E-state index is 0.0465. The van der Waals surface area contributed by atoms with Crippen molar-refractivity contribution in [1.29, 1.82) is 0 Å². The van der Waals surface area contributed by atoms with E-state index in [0.717, 1.165) is 46.1 Å². The Bertz CT molecular complexity index is 1190. The molecule has 1 aromatic carbocycles. The molecule has 0 unspecified atom stereocenters. The van der Waals surface area contributed by atoms with Gasteiger partial charge >= 0.3 is 0 Å². The number of thiazole rings is 1. The standard InChI is InChI=1S/C19H18N4OS2/c1-11-6-7-13-14(8-11)22-18(21-13)25-10-12-9-17(24)23-15-4-2-3-5-16(15)26-19(23)20-12/h6-9H,2-5,10H2,1H3,(H,21,22). The number of nitrogens with one attached hydrogen (secondary N) is 1. The van der Waals surface area contributed by atoms with Gasteiger partial charge in [0.25, 0.3) is 5.56 Å². The summed E-state index contributed by atoms with van der Waals surface area (Å²) in [6.45, 7) is 2.07. The topological polar surface area (TPSA) is 63.1 Å². The van der Waals surface area contributed by atoms with Crippen molar-refractivity contribution >= 4 is 39.1 Å². The smallest absolute Gasteiger partial charge is 0.259 e. The molecule has 7 heteroatoms. The van der Waals surface area contributed by atoms with Gasteiger partial charge in [0, 0.05) is 22.4 Å². The number of aromatic nitrogens is 4. The van der Waals surface area contributed by atoms with Crippen molar-refractivity contribution in [3.8, 4) is 0 Å². The first-order chi connectivity index (χ1) is 12.7. The molecule has 3 heterocycles. The Hall–Kier alpha value is -2.12. The first-order valence-electron chi connectivity index (χ1n) is 8.80. The molecule has 0 atom stereocenters. The Morgan fingerprint density at radius 1 is 1.23 bits per heavy atom. The zero-order valence-corrected chi connectivity index (χ0v) is 16.0. The Balaban J connectivity index is 1.44. The quantitative estimate of drug-likeness (QED) is 0.542. The predicted octanol–water partition coefficient (Wildman–Crippen LogP) is 4.11. The van der Waals surface area contributed by atoms with Crippen molar-refractivity contribution in [3.63, 3.8) is 0 Å². The zero-order chi connectivity index (χ0) is 17.7. The van der Waals surface area contributed by atoms with Crippen LogP contribution in [0.4, 0.5) is 0 Å². The van der Waals surface area contributed by atoms with Crippen LogP contribution in [0.25, 0.3) is 16.0 Å². The molecule has 1 N–H and O–H groups in total. The molecule has 0 fully saturated rings. The third kappa shape index (κ3) is 2.75. The van der Waals surface area contributed by atoms with Crippen LogP contribution in [0, 0.1) is 6.92 Å². The summed E-state index contributed by atoms with van der Waals surface area (Å²) in [5.41, 5.74) is 5.26. The highest BCUT2D eigenvalue weighted by Crippen LogP contribution is 2.29. The molecule has 0 radical (unpaired) electrons.